The van der Waals surface area contributed by atoms with E-state index in [0.29, 0.717) is 23.0 Å². The molecule has 1 aliphatic heterocycles. The fourth-order valence-corrected chi connectivity index (χ4v) is 3.88. The molecule has 0 spiro atoms. The summed E-state index contributed by atoms with van der Waals surface area (Å²) in [5.74, 6) is -0.757. The van der Waals surface area contributed by atoms with Crippen molar-refractivity contribution in [2.24, 2.45) is 0 Å². The van der Waals surface area contributed by atoms with Crippen LogP contribution in [0.4, 0.5) is 0 Å². The molecule has 0 bridgehead atoms. The standard InChI is InChI=1S/C15H14Cl2N2O2S/c16-9-3-4-11(17)10(6-9)12-8-22-14(18-12)7-19-5-1-2-13(19)15(20)21/h3-4,6,8,13H,1-2,5,7H2,(H,20,21)/t13-/m1/s1. The van der Waals surface area contributed by atoms with Crippen molar-refractivity contribution in [2.75, 3.05) is 6.54 Å². The molecule has 1 atom stereocenters. The molecule has 4 nitrogen and oxygen atoms in total. The Bertz CT molecular complexity index is 705. The maximum atomic E-state index is 11.2. The van der Waals surface area contributed by atoms with Gasteiger partial charge >= 0.3 is 5.97 Å². The van der Waals surface area contributed by atoms with Gasteiger partial charge in [-0.25, -0.2) is 4.98 Å². The summed E-state index contributed by atoms with van der Waals surface area (Å²) in [7, 11) is 0. The second kappa shape index (κ2) is 6.54. The van der Waals surface area contributed by atoms with Crippen LogP contribution in [0.1, 0.15) is 17.8 Å². The van der Waals surface area contributed by atoms with E-state index in [-0.39, 0.29) is 0 Å². The normalized spacial score (nSPS) is 18.7. The number of aliphatic carboxylic acids is 1. The summed E-state index contributed by atoms with van der Waals surface area (Å²) < 4.78 is 0. The Morgan fingerprint density at radius 2 is 2.27 bits per heavy atom. The third kappa shape index (κ3) is 3.27. The number of hydrogen-bond donors (Lipinski definition) is 1. The SMILES string of the molecule is O=C(O)[C@H]1CCCN1Cc1nc(-c2cc(Cl)ccc2Cl)cs1. The molecule has 2 aromatic rings. The predicted octanol–water partition coefficient (Wildman–Crippen LogP) is 4.17. The minimum absolute atomic E-state index is 0.401. The second-order valence-electron chi connectivity index (χ2n) is 5.22. The highest BCUT2D eigenvalue weighted by atomic mass is 35.5. The Kier molecular flexibility index (Phi) is 4.68. The summed E-state index contributed by atoms with van der Waals surface area (Å²) in [6.07, 6.45) is 1.61. The topological polar surface area (TPSA) is 53.4 Å². The number of aromatic nitrogens is 1. The summed E-state index contributed by atoms with van der Waals surface area (Å²) >= 11 is 13.7. The molecule has 2 heterocycles. The van der Waals surface area contributed by atoms with E-state index in [0.717, 1.165) is 29.2 Å². The first-order chi connectivity index (χ1) is 10.5. The first-order valence-corrected chi connectivity index (χ1v) is 8.55. The maximum Gasteiger partial charge on any atom is 0.320 e. The van der Waals surface area contributed by atoms with Crippen molar-refractivity contribution in [3.63, 3.8) is 0 Å². The molecule has 1 saturated heterocycles. The highest BCUT2D eigenvalue weighted by Gasteiger charge is 2.30. The molecule has 7 heteroatoms. The lowest BCUT2D eigenvalue weighted by Gasteiger charge is -2.19. The van der Waals surface area contributed by atoms with E-state index in [1.165, 1.54) is 11.3 Å². The van der Waals surface area contributed by atoms with E-state index in [2.05, 4.69) is 4.98 Å². The Balaban J connectivity index is 1.79. The fraction of sp³-hybridized carbons (Fsp3) is 0.333. The first-order valence-electron chi connectivity index (χ1n) is 6.91. The van der Waals surface area contributed by atoms with E-state index >= 15 is 0 Å². The number of thiazole rings is 1. The molecular formula is C15H14Cl2N2O2S. The molecule has 0 saturated carbocycles. The molecular weight excluding hydrogens is 343 g/mol. The Morgan fingerprint density at radius 1 is 1.45 bits per heavy atom. The molecule has 0 aliphatic carbocycles. The molecule has 1 aromatic heterocycles. The van der Waals surface area contributed by atoms with Crippen LogP contribution in [0.5, 0.6) is 0 Å². The minimum atomic E-state index is -0.757. The summed E-state index contributed by atoms with van der Waals surface area (Å²) in [6.45, 7) is 1.35. The Morgan fingerprint density at radius 3 is 3.05 bits per heavy atom. The van der Waals surface area contributed by atoms with Crippen molar-refractivity contribution >= 4 is 40.5 Å². The van der Waals surface area contributed by atoms with Gasteiger partial charge in [0.25, 0.3) is 0 Å². The van der Waals surface area contributed by atoms with Crippen molar-refractivity contribution in [3.05, 3.63) is 38.6 Å². The molecule has 0 unspecified atom stereocenters. The molecule has 22 heavy (non-hydrogen) atoms. The van der Waals surface area contributed by atoms with Crippen LogP contribution in [0.25, 0.3) is 11.3 Å². The summed E-state index contributed by atoms with van der Waals surface area (Å²) in [4.78, 5) is 17.8. The number of carboxylic acids is 1. The number of carbonyl (C=O) groups is 1. The Hall–Kier alpha value is -1.14. The van der Waals surface area contributed by atoms with Gasteiger partial charge in [-0.3, -0.25) is 9.69 Å². The van der Waals surface area contributed by atoms with Gasteiger partial charge in [-0.1, -0.05) is 23.2 Å². The van der Waals surface area contributed by atoms with Crippen LogP contribution in [0, 0.1) is 0 Å². The summed E-state index contributed by atoms with van der Waals surface area (Å²) in [6, 6.07) is 4.88. The fourth-order valence-electron chi connectivity index (χ4n) is 2.67. The quantitative estimate of drug-likeness (QED) is 0.893. The number of rotatable bonds is 4. The van der Waals surface area contributed by atoms with Crippen molar-refractivity contribution in [1.29, 1.82) is 0 Å². The number of hydrogen-bond acceptors (Lipinski definition) is 4. The van der Waals surface area contributed by atoms with Gasteiger partial charge < -0.3 is 5.11 Å². The third-order valence-electron chi connectivity index (χ3n) is 3.74. The van der Waals surface area contributed by atoms with E-state index in [4.69, 9.17) is 23.2 Å². The average molecular weight is 357 g/mol. The summed E-state index contributed by atoms with van der Waals surface area (Å²) in [5.41, 5.74) is 1.58. The average Bonchev–Trinajstić information content (AvgIpc) is 3.11. The van der Waals surface area contributed by atoms with Gasteiger partial charge in [0.15, 0.2) is 0 Å². The monoisotopic (exact) mass is 356 g/mol. The molecule has 0 radical (unpaired) electrons. The zero-order chi connectivity index (χ0) is 15.7. The van der Waals surface area contributed by atoms with E-state index < -0.39 is 12.0 Å². The minimum Gasteiger partial charge on any atom is -0.480 e. The number of halogens is 2. The molecule has 3 rings (SSSR count). The van der Waals surface area contributed by atoms with Crippen LogP contribution < -0.4 is 0 Å². The first kappa shape index (κ1) is 15.7. The van der Waals surface area contributed by atoms with Crippen molar-refractivity contribution in [2.45, 2.75) is 25.4 Å². The van der Waals surface area contributed by atoms with Gasteiger partial charge in [-0.05, 0) is 37.6 Å². The van der Waals surface area contributed by atoms with Gasteiger partial charge in [0, 0.05) is 16.0 Å². The van der Waals surface area contributed by atoms with Gasteiger partial charge in [0.2, 0.25) is 0 Å². The van der Waals surface area contributed by atoms with Crippen LogP contribution in [0.15, 0.2) is 23.6 Å². The maximum absolute atomic E-state index is 11.2. The van der Waals surface area contributed by atoms with Gasteiger partial charge in [0.1, 0.15) is 11.0 Å². The second-order valence-corrected chi connectivity index (χ2v) is 7.00. The lowest BCUT2D eigenvalue weighted by Crippen LogP contribution is -2.35. The zero-order valence-electron chi connectivity index (χ0n) is 11.6. The molecule has 1 fully saturated rings. The van der Waals surface area contributed by atoms with E-state index in [1.54, 1.807) is 18.2 Å². The summed E-state index contributed by atoms with van der Waals surface area (Å²) in [5, 5.41) is 13.3. The molecule has 1 N–H and O–H groups in total. The smallest absolute Gasteiger partial charge is 0.320 e. The van der Waals surface area contributed by atoms with Crippen molar-refractivity contribution < 1.29 is 9.90 Å². The van der Waals surface area contributed by atoms with E-state index in [9.17, 15) is 9.90 Å². The van der Waals surface area contributed by atoms with Crippen LogP contribution in [0.2, 0.25) is 10.0 Å². The lowest BCUT2D eigenvalue weighted by molar-refractivity contribution is -0.142. The number of likely N-dealkylation sites (tertiary alicyclic amines) is 1. The lowest BCUT2D eigenvalue weighted by atomic mass is 10.2. The zero-order valence-corrected chi connectivity index (χ0v) is 14.0. The van der Waals surface area contributed by atoms with Crippen LogP contribution in [0.3, 0.4) is 0 Å². The Labute approximate surface area is 142 Å². The van der Waals surface area contributed by atoms with Crippen LogP contribution >= 0.6 is 34.5 Å². The number of nitrogens with zero attached hydrogens (tertiary/aromatic N) is 2. The van der Waals surface area contributed by atoms with Crippen molar-refractivity contribution in [1.82, 2.24) is 9.88 Å². The number of carboxylic acid groups (broad SMARTS) is 1. The number of benzene rings is 1. The third-order valence-corrected chi connectivity index (χ3v) is 5.14. The van der Waals surface area contributed by atoms with Crippen molar-refractivity contribution in [3.8, 4) is 11.3 Å². The van der Waals surface area contributed by atoms with E-state index in [1.807, 2.05) is 10.3 Å². The van der Waals surface area contributed by atoms with Gasteiger partial charge in [0.05, 0.1) is 17.3 Å². The molecule has 1 aliphatic rings. The molecule has 1 aromatic carbocycles. The van der Waals surface area contributed by atoms with Gasteiger partial charge in [-0.15, -0.1) is 11.3 Å². The van der Waals surface area contributed by atoms with Crippen LogP contribution in [-0.2, 0) is 11.3 Å². The molecule has 0 amide bonds. The predicted molar refractivity (Wildman–Crippen MR) is 88.6 cm³/mol. The highest BCUT2D eigenvalue weighted by molar-refractivity contribution is 7.09. The highest BCUT2D eigenvalue weighted by Crippen LogP contribution is 2.32. The largest absolute Gasteiger partial charge is 0.480 e. The van der Waals surface area contributed by atoms with Crippen LogP contribution in [-0.4, -0.2) is 33.5 Å². The van der Waals surface area contributed by atoms with Gasteiger partial charge in [-0.2, -0.15) is 0 Å². The molecule has 116 valence electrons.